The molecule has 15 rings (SSSR count). The Hall–Kier alpha value is -10.5. The number of nitrogens with zero attached hydrogens (tertiary/aromatic N) is 2. The first kappa shape index (κ1) is 56.0. The van der Waals surface area contributed by atoms with Gasteiger partial charge in [-0.15, -0.1) is 0 Å². The number of anilines is 6. The van der Waals surface area contributed by atoms with Crippen LogP contribution in [0, 0.1) is 0 Å². The predicted molar refractivity (Wildman–Crippen MR) is 386 cm³/mol. The highest BCUT2D eigenvalue weighted by Crippen LogP contribution is 2.56. The molecule has 0 radical (unpaired) electrons. The molecular weight excluding hydrogens is 1080 g/mol. The lowest BCUT2D eigenvalue weighted by atomic mass is 9.74. The number of benzene rings is 13. The average Bonchev–Trinajstić information content (AvgIpc) is 1.42. The zero-order valence-corrected chi connectivity index (χ0v) is 51.7. The van der Waals surface area contributed by atoms with Crippen LogP contribution in [0.1, 0.15) is 97.9 Å². The van der Waals surface area contributed by atoms with E-state index >= 15 is 0 Å². The van der Waals surface area contributed by atoms with Crippen molar-refractivity contribution in [2.75, 3.05) is 9.80 Å². The van der Waals surface area contributed by atoms with E-state index in [1.165, 1.54) is 99.7 Å². The summed E-state index contributed by atoms with van der Waals surface area (Å²) < 4.78 is 0. The van der Waals surface area contributed by atoms with E-state index in [9.17, 15) is 0 Å². The van der Waals surface area contributed by atoms with Gasteiger partial charge in [-0.3, -0.25) is 0 Å². The second kappa shape index (κ2) is 23.5. The van der Waals surface area contributed by atoms with Crippen LogP contribution in [-0.2, 0) is 10.8 Å². The van der Waals surface area contributed by atoms with E-state index in [0.29, 0.717) is 0 Å². The highest BCUT2D eigenvalue weighted by Gasteiger charge is 2.42. The first-order valence-electron chi connectivity index (χ1n) is 32.3. The third kappa shape index (κ3) is 9.58. The van der Waals surface area contributed by atoms with Gasteiger partial charge in [-0.25, -0.2) is 0 Å². The van der Waals surface area contributed by atoms with Gasteiger partial charge in [0, 0.05) is 45.0 Å². The number of para-hydroxylation sites is 2. The predicted octanol–water partition coefficient (Wildman–Crippen LogP) is 24.8. The molecule has 13 aromatic carbocycles. The molecule has 0 saturated carbocycles. The molecule has 2 aliphatic rings. The van der Waals surface area contributed by atoms with Crippen molar-refractivity contribution in [1.29, 1.82) is 0 Å². The Morgan fingerprint density at radius 2 is 0.544 bits per heavy atom. The second-order valence-electron chi connectivity index (χ2n) is 24.4. The van der Waals surface area contributed by atoms with E-state index in [1.807, 2.05) is 0 Å². The third-order valence-corrected chi connectivity index (χ3v) is 20.0. The number of hydrogen-bond donors (Lipinski definition) is 0. The first-order valence-corrected chi connectivity index (χ1v) is 32.3. The second-order valence-corrected chi connectivity index (χ2v) is 24.4. The zero-order chi connectivity index (χ0) is 60.8. The number of fused-ring (bicyclic) bond motifs is 9. The van der Waals surface area contributed by atoms with Crippen LogP contribution in [0.4, 0.5) is 34.1 Å². The van der Waals surface area contributed by atoms with Gasteiger partial charge in [0.1, 0.15) is 0 Å². The van der Waals surface area contributed by atoms with Gasteiger partial charge >= 0.3 is 0 Å². The normalized spacial score (nSPS) is 13.4. The molecule has 13 aromatic rings. The van der Waals surface area contributed by atoms with Crippen LogP contribution >= 0.6 is 0 Å². The van der Waals surface area contributed by atoms with E-state index < -0.39 is 0 Å². The van der Waals surface area contributed by atoms with Crippen LogP contribution in [0.5, 0.6) is 0 Å². The topological polar surface area (TPSA) is 6.48 Å². The van der Waals surface area contributed by atoms with Gasteiger partial charge in [0.05, 0.1) is 0 Å². The van der Waals surface area contributed by atoms with Gasteiger partial charge in [-0.05, 0) is 221 Å². The molecule has 0 spiro atoms. The van der Waals surface area contributed by atoms with Crippen LogP contribution < -0.4 is 9.80 Å². The molecule has 0 aliphatic heterocycles. The van der Waals surface area contributed by atoms with Crippen molar-refractivity contribution in [3.8, 4) is 44.5 Å². The SMILES string of the molecule is CCC1(CC)c2ccccc2-c2ccc(N(c3ccccc3)c3ccc(/C=C/c4ccc5c(-c6ccccc6)c(-c6ccccc6)c6ccc(/C=C/c7ccc(N(c8ccccc8)c8ccc9c(c8)C(CC)(CC)c8ccccc8-9)cc7)cc6c5c4)cc3)cc21. The molecule has 2 aliphatic carbocycles. The minimum absolute atomic E-state index is 0.0151. The molecular formula is C88H72N2. The summed E-state index contributed by atoms with van der Waals surface area (Å²) in [4.78, 5) is 4.82. The monoisotopic (exact) mass is 1160 g/mol. The van der Waals surface area contributed by atoms with Gasteiger partial charge in [-0.1, -0.05) is 258 Å². The molecule has 0 fully saturated rings. The minimum Gasteiger partial charge on any atom is -0.310 e. The number of rotatable bonds is 16. The van der Waals surface area contributed by atoms with E-state index in [0.717, 1.165) is 70.7 Å². The lowest BCUT2D eigenvalue weighted by Crippen LogP contribution is -2.23. The molecule has 0 N–H and O–H groups in total. The summed E-state index contributed by atoms with van der Waals surface area (Å²) >= 11 is 0. The van der Waals surface area contributed by atoms with Crippen molar-refractivity contribution in [3.63, 3.8) is 0 Å². The van der Waals surface area contributed by atoms with Crippen molar-refractivity contribution < 1.29 is 0 Å². The first-order chi connectivity index (χ1) is 44.4. The molecule has 2 nitrogen and oxygen atoms in total. The zero-order valence-electron chi connectivity index (χ0n) is 51.7. The molecule has 0 unspecified atom stereocenters. The van der Waals surface area contributed by atoms with Gasteiger partial charge in [0.15, 0.2) is 0 Å². The van der Waals surface area contributed by atoms with Crippen molar-refractivity contribution in [3.05, 3.63) is 336 Å². The summed E-state index contributed by atoms with van der Waals surface area (Å²) in [5.41, 5.74) is 27.5. The van der Waals surface area contributed by atoms with Gasteiger partial charge < -0.3 is 9.80 Å². The Morgan fingerprint density at radius 1 is 0.244 bits per heavy atom. The van der Waals surface area contributed by atoms with Gasteiger partial charge in [0.2, 0.25) is 0 Å². The fourth-order valence-corrected chi connectivity index (χ4v) is 15.4. The van der Waals surface area contributed by atoms with Crippen molar-refractivity contribution in [2.24, 2.45) is 0 Å². The van der Waals surface area contributed by atoms with Crippen LogP contribution in [0.25, 0.3) is 90.4 Å². The largest absolute Gasteiger partial charge is 0.310 e. The highest BCUT2D eigenvalue weighted by molar-refractivity contribution is 6.22. The Labute approximate surface area is 531 Å². The molecule has 2 heteroatoms. The van der Waals surface area contributed by atoms with E-state index in [2.05, 4.69) is 353 Å². The van der Waals surface area contributed by atoms with Crippen molar-refractivity contribution >= 4 is 80.0 Å². The molecule has 90 heavy (non-hydrogen) atoms. The standard InChI is InChI=1S/C88H72N2/c1-5-87(6-2)81-35-23-21-33-73(81)75-55-51-71(59-83(75)87)89(67-29-17-11-18-30-67)69-47-41-61(42-48-69)37-39-63-45-53-77-79(57-63)80-58-64(46-54-78(80)86(66-27-15-10-16-28-66)85(77)65-25-13-9-14-26-65)40-38-62-43-49-70(50-44-62)90(68-31-19-12-20-32-68)72-52-56-76-74-34-22-24-36-82(74)88(7-3,8-4)84(76)60-72/h9-60H,5-8H2,1-4H3/b39-37+,40-38+. The molecule has 0 aromatic heterocycles. The van der Waals surface area contributed by atoms with Crippen LogP contribution in [0.15, 0.2) is 291 Å². The fraction of sp³-hybridized carbons (Fsp3) is 0.114. The molecule has 434 valence electrons. The van der Waals surface area contributed by atoms with Crippen LogP contribution in [0.2, 0.25) is 0 Å². The maximum absolute atomic E-state index is 2.47. The fourth-order valence-electron chi connectivity index (χ4n) is 15.4. The third-order valence-electron chi connectivity index (χ3n) is 20.0. The van der Waals surface area contributed by atoms with E-state index in [-0.39, 0.29) is 10.8 Å². The lowest BCUT2D eigenvalue weighted by Gasteiger charge is -2.31. The van der Waals surface area contributed by atoms with Crippen molar-refractivity contribution in [1.82, 2.24) is 0 Å². The van der Waals surface area contributed by atoms with E-state index in [1.54, 1.807) is 0 Å². The molecule has 0 amide bonds. The molecule has 0 saturated heterocycles. The Morgan fingerprint density at radius 3 is 0.922 bits per heavy atom. The molecule has 0 heterocycles. The highest BCUT2D eigenvalue weighted by atomic mass is 15.1. The lowest BCUT2D eigenvalue weighted by molar-refractivity contribution is 0.490. The maximum Gasteiger partial charge on any atom is 0.0465 e. The maximum atomic E-state index is 2.47. The van der Waals surface area contributed by atoms with Crippen molar-refractivity contribution in [2.45, 2.75) is 64.2 Å². The summed E-state index contributed by atoms with van der Waals surface area (Å²) in [5.74, 6) is 0. The number of hydrogen-bond acceptors (Lipinski definition) is 2. The summed E-state index contributed by atoms with van der Waals surface area (Å²) in [6.45, 7) is 9.39. The Balaban J connectivity index is 0.775. The van der Waals surface area contributed by atoms with Gasteiger partial charge in [0.25, 0.3) is 0 Å². The Kier molecular flexibility index (Phi) is 14.6. The minimum atomic E-state index is -0.0151. The smallest absolute Gasteiger partial charge is 0.0465 e. The summed E-state index contributed by atoms with van der Waals surface area (Å²) in [5, 5.41) is 4.89. The quantitative estimate of drug-likeness (QED) is 0.0703. The van der Waals surface area contributed by atoms with Gasteiger partial charge in [-0.2, -0.15) is 0 Å². The van der Waals surface area contributed by atoms with Crippen LogP contribution in [-0.4, -0.2) is 0 Å². The van der Waals surface area contributed by atoms with E-state index in [4.69, 9.17) is 0 Å². The average molecular weight is 1160 g/mol. The molecule has 0 atom stereocenters. The summed E-state index contributed by atoms with van der Waals surface area (Å²) in [6.07, 6.45) is 13.3. The summed E-state index contributed by atoms with van der Waals surface area (Å²) in [7, 11) is 0. The summed E-state index contributed by atoms with van der Waals surface area (Å²) in [6, 6.07) is 108. The molecule has 0 bridgehead atoms. The Bertz CT molecular complexity index is 4530. The van der Waals surface area contributed by atoms with Crippen LogP contribution in [0.3, 0.4) is 0 Å².